The molecule has 0 aromatic heterocycles. The van der Waals surface area contributed by atoms with E-state index in [0.717, 1.165) is 32.8 Å². The lowest BCUT2D eigenvalue weighted by Gasteiger charge is -2.40. The van der Waals surface area contributed by atoms with Crippen LogP contribution in [0.3, 0.4) is 0 Å². The summed E-state index contributed by atoms with van der Waals surface area (Å²) in [5.41, 5.74) is 0.184. The van der Waals surface area contributed by atoms with Gasteiger partial charge < -0.3 is 36.6 Å². The molecule has 44 heavy (non-hydrogen) atoms. The standard InChI is InChI=1S/C8H16N2O.2C8H16N2S.3C3H8.2CH4/c2*1-3-9-4-2-8(1)7-10-5-6-11-8;1-2-8(6-9-3-1)7-10-4-5-11-8;3*1-3-2;;/h3*9-10H,1-7H2;3*3H2,1-2H3;2*1H4. The number of nitrogens with one attached hydrogen (secondary N) is 6. The lowest BCUT2D eigenvalue weighted by Crippen LogP contribution is -2.54. The molecule has 6 aliphatic heterocycles. The zero-order valence-electron chi connectivity index (χ0n) is 28.7. The summed E-state index contributed by atoms with van der Waals surface area (Å²) in [6.45, 7) is 27.7. The van der Waals surface area contributed by atoms with E-state index in [1.54, 1.807) is 0 Å². The van der Waals surface area contributed by atoms with Crippen LogP contribution in [0.25, 0.3) is 0 Å². The Bertz CT molecular complexity index is 440. The van der Waals surface area contributed by atoms with Gasteiger partial charge in [0.2, 0.25) is 0 Å². The van der Waals surface area contributed by atoms with E-state index in [1.165, 1.54) is 122 Å². The molecule has 0 aliphatic carbocycles. The van der Waals surface area contributed by atoms with Crippen molar-refractivity contribution in [3.05, 3.63) is 0 Å². The van der Waals surface area contributed by atoms with E-state index in [4.69, 9.17) is 4.74 Å². The summed E-state index contributed by atoms with van der Waals surface area (Å²) in [5, 5.41) is 20.6. The lowest BCUT2D eigenvalue weighted by atomic mass is 9.91. The number of hydrogen-bond acceptors (Lipinski definition) is 9. The van der Waals surface area contributed by atoms with Gasteiger partial charge in [0.15, 0.2) is 0 Å². The van der Waals surface area contributed by atoms with Gasteiger partial charge in [-0.15, -0.1) is 0 Å². The van der Waals surface area contributed by atoms with Crippen molar-refractivity contribution in [2.75, 3.05) is 96.6 Å². The fraction of sp³-hybridized carbons (Fsp3) is 1.00. The van der Waals surface area contributed by atoms with Gasteiger partial charge in [-0.05, 0) is 71.2 Å². The molecule has 0 amide bonds. The molecule has 1 unspecified atom stereocenters. The molecule has 7 nitrogen and oxygen atoms in total. The van der Waals surface area contributed by atoms with Gasteiger partial charge in [0.05, 0.1) is 12.2 Å². The number of thioether (sulfide) groups is 2. The SMILES string of the molecule is C.C.C1CC2(CCN1)CNCCO2.C1CC2(CCN1)CNCCS2.C1CNCC2(C1)CNCCS2.CCC.CCC.CCC. The second-order valence-electron chi connectivity index (χ2n) is 12.5. The van der Waals surface area contributed by atoms with Crippen LogP contribution in [0.5, 0.6) is 0 Å². The highest BCUT2D eigenvalue weighted by molar-refractivity contribution is 8.01. The third kappa shape index (κ3) is 19.9. The molecule has 6 aliphatic rings. The van der Waals surface area contributed by atoms with Gasteiger partial charge in [0, 0.05) is 66.8 Å². The van der Waals surface area contributed by atoms with Crippen molar-refractivity contribution >= 4 is 23.5 Å². The van der Waals surface area contributed by atoms with Crippen LogP contribution in [-0.4, -0.2) is 112 Å². The van der Waals surface area contributed by atoms with Gasteiger partial charge in [-0.25, -0.2) is 0 Å². The Hall–Kier alpha value is 0.420. The normalized spacial score (nSPS) is 26.3. The first-order valence-electron chi connectivity index (χ1n) is 17.6. The molecule has 3 spiro atoms. The van der Waals surface area contributed by atoms with Crippen molar-refractivity contribution in [3.8, 4) is 0 Å². The maximum absolute atomic E-state index is 5.80. The van der Waals surface area contributed by atoms with E-state index in [0.29, 0.717) is 9.49 Å². The topological polar surface area (TPSA) is 81.4 Å². The van der Waals surface area contributed by atoms with E-state index in [9.17, 15) is 0 Å². The average molecular weight is 665 g/mol. The quantitative estimate of drug-likeness (QED) is 0.183. The Morgan fingerprint density at radius 3 is 1.30 bits per heavy atom. The molecule has 6 saturated heterocycles. The van der Waals surface area contributed by atoms with Crippen LogP contribution < -0.4 is 31.9 Å². The average Bonchev–Trinajstić information content (AvgIpc) is 3.02. The number of piperidine rings is 3. The third-order valence-corrected chi connectivity index (χ3v) is 11.0. The van der Waals surface area contributed by atoms with Crippen LogP contribution in [0.1, 0.15) is 114 Å². The van der Waals surface area contributed by atoms with Crippen molar-refractivity contribution < 1.29 is 4.74 Å². The van der Waals surface area contributed by atoms with Gasteiger partial charge in [-0.1, -0.05) is 75.7 Å². The second kappa shape index (κ2) is 29.6. The van der Waals surface area contributed by atoms with E-state index < -0.39 is 0 Å². The third-order valence-electron chi connectivity index (χ3n) is 7.87. The van der Waals surface area contributed by atoms with Crippen LogP contribution in [0, 0.1) is 0 Å². The second-order valence-corrected chi connectivity index (χ2v) is 15.7. The summed E-state index contributed by atoms with van der Waals surface area (Å²) in [6, 6.07) is 0. The minimum atomic E-state index is 0. The molecule has 0 radical (unpaired) electrons. The van der Waals surface area contributed by atoms with E-state index in [2.05, 4.69) is 97.0 Å². The summed E-state index contributed by atoms with van der Waals surface area (Å²) in [4.78, 5) is 0. The van der Waals surface area contributed by atoms with Crippen LogP contribution in [0.2, 0.25) is 0 Å². The highest BCUT2D eigenvalue weighted by Crippen LogP contribution is 2.35. The Kier molecular flexibility index (Phi) is 31.3. The van der Waals surface area contributed by atoms with Gasteiger partial charge >= 0.3 is 0 Å². The highest BCUT2D eigenvalue weighted by Gasteiger charge is 2.35. The molecule has 0 aromatic carbocycles. The lowest BCUT2D eigenvalue weighted by molar-refractivity contribution is -0.0832. The first-order chi connectivity index (χ1) is 20.5. The molecule has 6 heterocycles. The molecule has 0 saturated carbocycles. The maximum Gasteiger partial charge on any atom is 0.0831 e. The van der Waals surface area contributed by atoms with Crippen LogP contribution in [0.4, 0.5) is 0 Å². The van der Waals surface area contributed by atoms with Gasteiger partial charge in [0.1, 0.15) is 0 Å². The molecule has 9 heteroatoms. The number of morpholine rings is 1. The molecule has 6 rings (SSSR count). The van der Waals surface area contributed by atoms with Gasteiger partial charge in [-0.2, -0.15) is 23.5 Å². The Morgan fingerprint density at radius 1 is 0.477 bits per heavy atom. The molecule has 1 atom stereocenters. The molecule has 0 aromatic rings. The first kappa shape index (κ1) is 46.5. The molecule has 6 fully saturated rings. The van der Waals surface area contributed by atoms with Crippen molar-refractivity contribution in [1.82, 2.24) is 31.9 Å². The number of ether oxygens (including phenoxy) is 1. The summed E-state index contributed by atoms with van der Waals surface area (Å²) in [5.74, 6) is 2.60. The monoisotopic (exact) mass is 665 g/mol. The van der Waals surface area contributed by atoms with Crippen molar-refractivity contribution in [1.29, 1.82) is 0 Å². The predicted molar refractivity (Wildman–Crippen MR) is 205 cm³/mol. The summed E-state index contributed by atoms with van der Waals surface area (Å²) >= 11 is 4.35. The van der Waals surface area contributed by atoms with Gasteiger partial charge in [-0.3, -0.25) is 0 Å². The zero-order chi connectivity index (χ0) is 30.8. The predicted octanol–water partition coefficient (Wildman–Crippen LogP) is 6.14. The molecular formula is C35H80N6OS2. The number of hydrogen-bond donors (Lipinski definition) is 6. The van der Waals surface area contributed by atoms with Crippen LogP contribution in [-0.2, 0) is 4.74 Å². The maximum atomic E-state index is 5.80. The zero-order valence-corrected chi connectivity index (χ0v) is 30.3. The first-order valence-corrected chi connectivity index (χ1v) is 19.6. The minimum Gasteiger partial charge on any atom is -0.372 e. The molecule has 6 N–H and O–H groups in total. The number of rotatable bonds is 0. The van der Waals surface area contributed by atoms with Crippen molar-refractivity contribution in [3.63, 3.8) is 0 Å². The summed E-state index contributed by atoms with van der Waals surface area (Å²) in [6.07, 6.45) is 11.5. The Balaban J connectivity index is 0. The summed E-state index contributed by atoms with van der Waals surface area (Å²) < 4.78 is 6.96. The summed E-state index contributed by atoms with van der Waals surface area (Å²) in [7, 11) is 0. The fourth-order valence-electron chi connectivity index (χ4n) is 5.74. The van der Waals surface area contributed by atoms with E-state index in [-0.39, 0.29) is 20.5 Å². The highest BCUT2D eigenvalue weighted by atomic mass is 32.2. The molecule has 0 bridgehead atoms. The van der Waals surface area contributed by atoms with Crippen molar-refractivity contribution in [2.24, 2.45) is 0 Å². The molecular weight excluding hydrogens is 585 g/mol. The smallest absolute Gasteiger partial charge is 0.0831 e. The van der Waals surface area contributed by atoms with Crippen molar-refractivity contribution in [2.45, 2.75) is 129 Å². The van der Waals surface area contributed by atoms with E-state index in [1.807, 2.05) is 0 Å². The molecule has 268 valence electrons. The largest absolute Gasteiger partial charge is 0.372 e. The minimum absolute atomic E-state index is 0. The van der Waals surface area contributed by atoms with E-state index >= 15 is 0 Å². The Labute approximate surface area is 285 Å². The van der Waals surface area contributed by atoms with Crippen LogP contribution >= 0.6 is 23.5 Å². The fourth-order valence-corrected chi connectivity index (χ4v) is 8.49. The Morgan fingerprint density at radius 2 is 0.909 bits per heavy atom. The van der Waals surface area contributed by atoms with Crippen LogP contribution in [0.15, 0.2) is 0 Å². The van der Waals surface area contributed by atoms with Gasteiger partial charge in [0.25, 0.3) is 0 Å².